The van der Waals surface area contributed by atoms with Gasteiger partial charge in [0, 0.05) is 29.9 Å². The molecule has 0 bridgehead atoms. The summed E-state index contributed by atoms with van der Waals surface area (Å²) in [4.78, 5) is 18.9. The van der Waals surface area contributed by atoms with Crippen molar-refractivity contribution in [2.75, 3.05) is 0 Å². The van der Waals surface area contributed by atoms with Gasteiger partial charge >= 0.3 is 0 Å². The summed E-state index contributed by atoms with van der Waals surface area (Å²) in [5.74, 6) is -0.0726. The van der Waals surface area contributed by atoms with Crippen molar-refractivity contribution in [3.63, 3.8) is 0 Å². The van der Waals surface area contributed by atoms with E-state index in [1.165, 1.54) is 12.5 Å². The van der Waals surface area contributed by atoms with Crippen molar-refractivity contribution in [3.8, 4) is 0 Å². The first-order valence-electron chi connectivity index (χ1n) is 7.25. The summed E-state index contributed by atoms with van der Waals surface area (Å²) in [6.45, 7) is 4.94. The van der Waals surface area contributed by atoms with E-state index >= 15 is 0 Å². The molecule has 3 aromatic rings. The first-order valence-corrected chi connectivity index (χ1v) is 8.13. The van der Waals surface area contributed by atoms with Crippen LogP contribution in [0, 0.1) is 13.8 Å². The van der Waals surface area contributed by atoms with Crippen LogP contribution in [0.1, 0.15) is 32.3 Å². The van der Waals surface area contributed by atoms with Gasteiger partial charge in [0.25, 0.3) is 5.91 Å². The Hall–Kier alpha value is -2.41. The van der Waals surface area contributed by atoms with Crippen LogP contribution in [-0.4, -0.2) is 25.6 Å². The van der Waals surface area contributed by atoms with Gasteiger partial charge in [-0.05, 0) is 19.9 Å². The number of hydrogen-bond donors (Lipinski definition) is 0. The first-order chi connectivity index (χ1) is 11.1. The molecule has 0 aromatic carbocycles. The molecule has 0 aliphatic rings. The van der Waals surface area contributed by atoms with Gasteiger partial charge in [-0.25, -0.2) is 4.98 Å². The van der Waals surface area contributed by atoms with Crippen LogP contribution in [-0.2, 0) is 20.1 Å². The largest absolute Gasteiger partial charge is 0.472 e. The van der Waals surface area contributed by atoms with Gasteiger partial charge in [0.2, 0.25) is 0 Å². The number of hydrogen-bond acceptors (Lipinski definition) is 5. The van der Waals surface area contributed by atoms with E-state index in [4.69, 9.17) is 4.42 Å². The van der Waals surface area contributed by atoms with Gasteiger partial charge in [-0.1, -0.05) is 0 Å². The molecule has 0 aliphatic carbocycles. The van der Waals surface area contributed by atoms with Crippen LogP contribution >= 0.6 is 11.3 Å². The molecule has 0 saturated heterocycles. The molecule has 0 spiro atoms. The highest BCUT2D eigenvalue weighted by Crippen LogP contribution is 2.19. The van der Waals surface area contributed by atoms with Gasteiger partial charge in [0.1, 0.15) is 11.3 Å². The van der Waals surface area contributed by atoms with Crippen molar-refractivity contribution in [2.24, 2.45) is 7.05 Å². The Bertz CT molecular complexity index is 791. The molecule has 3 aromatic heterocycles. The number of thiazole rings is 1. The standard InChI is InChI=1S/C16H18N4O2S/c1-11-14(12(2)19(3)18-11)8-20(9-15-17-5-7-23-15)16(21)13-4-6-22-10-13/h4-7,10H,8-9H2,1-3H3. The Morgan fingerprint density at radius 2 is 2.22 bits per heavy atom. The number of nitrogens with zero attached hydrogens (tertiary/aromatic N) is 4. The Labute approximate surface area is 138 Å². The highest BCUT2D eigenvalue weighted by molar-refractivity contribution is 7.09. The number of aryl methyl sites for hydroxylation is 2. The molecule has 7 heteroatoms. The summed E-state index contributed by atoms with van der Waals surface area (Å²) in [6.07, 6.45) is 4.73. The maximum Gasteiger partial charge on any atom is 0.257 e. The van der Waals surface area contributed by atoms with Crippen LogP contribution in [0.15, 0.2) is 34.6 Å². The van der Waals surface area contributed by atoms with E-state index in [1.54, 1.807) is 28.5 Å². The summed E-state index contributed by atoms with van der Waals surface area (Å²) in [5.41, 5.74) is 3.61. The molecule has 120 valence electrons. The van der Waals surface area contributed by atoms with E-state index in [-0.39, 0.29) is 5.91 Å². The number of carbonyl (C=O) groups is 1. The molecule has 3 heterocycles. The van der Waals surface area contributed by atoms with Gasteiger partial charge in [0.15, 0.2) is 0 Å². The molecule has 1 amide bonds. The van der Waals surface area contributed by atoms with E-state index in [0.29, 0.717) is 18.7 Å². The average Bonchev–Trinajstić information content (AvgIpc) is 3.25. The molecule has 0 unspecified atom stereocenters. The van der Waals surface area contributed by atoms with E-state index in [2.05, 4.69) is 10.1 Å². The highest BCUT2D eigenvalue weighted by Gasteiger charge is 2.21. The minimum absolute atomic E-state index is 0.0726. The fourth-order valence-corrected chi connectivity index (χ4v) is 3.13. The van der Waals surface area contributed by atoms with E-state index in [0.717, 1.165) is 22.0 Å². The lowest BCUT2D eigenvalue weighted by molar-refractivity contribution is 0.0728. The topological polar surface area (TPSA) is 64.2 Å². The molecule has 0 saturated carbocycles. The van der Waals surface area contributed by atoms with E-state index in [9.17, 15) is 4.79 Å². The molecule has 23 heavy (non-hydrogen) atoms. The minimum Gasteiger partial charge on any atom is -0.472 e. The molecule has 0 fully saturated rings. The lowest BCUT2D eigenvalue weighted by Gasteiger charge is -2.21. The molecule has 0 N–H and O–H groups in total. The Kier molecular flexibility index (Phi) is 4.29. The number of amides is 1. The summed E-state index contributed by atoms with van der Waals surface area (Å²) in [6, 6.07) is 1.68. The van der Waals surface area contributed by atoms with Crippen molar-refractivity contribution in [1.29, 1.82) is 0 Å². The first kappa shape index (κ1) is 15.5. The van der Waals surface area contributed by atoms with Crippen LogP contribution in [0.2, 0.25) is 0 Å². The Balaban J connectivity index is 1.90. The number of aromatic nitrogens is 3. The second-order valence-electron chi connectivity index (χ2n) is 5.37. The Morgan fingerprint density at radius 3 is 2.78 bits per heavy atom. The van der Waals surface area contributed by atoms with Crippen molar-refractivity contribution < 1.29 is 9.21 Å². The maximum absolute atomic E-state index is 12.8. The molecular formula is C16H18N4O2S. The van der Waals surface area contributed by atoms with Gasteiger partial charge in [0.05, 0.1) is 30.6 Å². The van der Waals surface area contributed by atoms with E-state index < -0.39 is 0 Å². The third kappa shape index (κ3) is 3.19. The van der Waals surface area contributed by atoms with Crippen LogP contribution in [0.4, 0.5) is 0 Å². The van der Waals surface area contributed by atoms with Crippen LogP contribution in [0.3, 0.4) is 0 Å². The van der Waals surface area contributed by atoms with Crippen LogP contribution in [0.5, 0.6) is 0 Å². The smallest absolute Gasteiger partial charge is 0.257 e. The van der Waals surface area contributed by atoms with Gasteiger partial charge in [-0.3, -0.25) is 9.48 Å². The van der Waals surface area contributed by atoms with Crippen LogP contribution < -0.4 is 0 Å². The second kappa shape index (κ2) is 6.37. The predicted octanol–water partition coefficient (Wildman–Crippen LogP) is 2.93. The SMILES string of the molecule is Cc1nn(C)c(C)c1CN(Cc1nccs1)C(=O)c1ccoc1. The molecule has 3 rings (SSSR count). The predicted molar refractivity (Wildman–Crippen MR) is 87.1 cm³/mol. The zero-order valence-electron chi connectivity index (χ0n) is 13.3. The highest BCUT2D eigenvalue weighted by atomic mass is 32.1. The number of furan rings is 1. The fourth-order valence-electron chi connectivity index (χ4n) is 2.50. The molecule has 0 atom stereocenters. The molecule has 0 aliphatic heterocycles. The van der Waals surface area contributed by atoms with Gasteiger partial charge in [-0.2, -0.15) is 5.10 Å². The number of carbonyl (C=O) groups excluding carboxylic acids is 1. The molecule has 6 nitrogen and oxygen atoms in total. The summed E-state index contributed by atoms with van der Waals surface area (Å²) >= 11 is 1.54. The van der Waals surface area contributed by atoms with E-state index in [1.807, 2.05) is 31.0 Å². The maximum atomic E-state index is 12.8. The zero-order chi connectivity index (χ0) is 16.4. The number of rotatable bonds is 5. The summed E-state index contributed by atoms with van der Waals surface area (Å²) in [5, 5.41) is 7.25. The van der Waals surface area contributed by atoms with Crippen molar-refractivity contribution >= 4 is 17.2 Å². The quantitative estimate of drug-likeness (QED) is 0.721. The minimum atomic E-state index is -0.0726. The van der Waals surface area contributed by atoms with Crippen molar-refractivity contribution in [2.45, 2.75) is 26.9 Å². The normalized spacial score (nSPS) is 10.9. The third-order valence-electron chi connectivity index (χ3n) is 3.87. The lowest BCUT2D eigenvalue weighted by atomic mass is 10.1. The summed E-state index contributed by atoms with van der Waals surface area (Å²) < 4.78 is 6.89. The van der Waals surface area contributed by atoms with Crippen molar-refractivity contribution in [3.05, 3.63) is 57.7 Å². The van der Waals surface area contributed by atoms with Crippen molar-refractivity contribution in [1.82, 2.24) is 19.7 Å². The van der Waals surface area contributed by atoms with Crippen LogP contribution in [0.25, 0.3) is 0 Å². The fraction of sp³-hybridized carbons (Fsp3) is 0.312. The summed E-state index contributed by atoms with van der Waals surface area (Å²) in [7, 11) is 1.91. The third-order valence-corrected chi connectivity index (χ3v) is 4.64. The Morgan fingerprint density at radius 1 is 1.39 bits per heavy atom. The zero-order valence-corrected chi connectivity index (χ0v) is 14.1. The second-order valence-corrected chi connectivity index (χ2v) is 6.35. The van der Waals surface area contributed by atoms with Gasteiger partial charge < -0.3 is 9.32 Å². The van der Waals surface area contributed by atoms with Gasteiger partial charge in [-0.15, -0.1) is 11.3 Å². The lowest BCUT2D eigenvalue weighted by Crippen LogP contribution is -2.30. The molecular weight excluding hydrogens is 312 g/mol. The molecule has 0 radical (unpaired) electrons. The average molecular weight is 330 g/mol. The monoisotopic (exact) mass is 330 g/mol.